The molecule has 3 rings (SSSR count). The SMILES string of the molecule is CC(NCC1CCC2(CCCC2)O1)c1ccc(Cl)cc1. The largest absolute Gasteiger partial charge is 0.370 e. The quantitative estimate of drug-likeness (QED) is 0.883. The van der Waals surface area contributed by atoms with Crippen LogP contribution in [-0.4, -0.2) is 18.2 Å². The van der Waals surface area contributed by atoms with Gasteiger partial charge in [0.1, 0.15) is 0 Å². The lowest BCUT2D eigenvalue weighted by Gasteiger charge is -2.24. The first-order valence-electron chi connectivity index (χ1n) is 7.84. The van der Waals surface area contributed by atoms with Crippen LogP contribution in [0.2, 0.25) is 5.02 Å². The van der Waals surface area contributed by atoms with Crippen molar-refractivity contribution in [2.45, 2.75) is 63.2 Å². The smallest absolute Gasteiger partial charge is 0.0708 e. The van der Waals surface area contributed by atoms with Crippen molar-refractivity contribution in [2.24, 2.45) is 0 Å². The maximum absolute atomic E-state index is 6.33. The van der Waals surface area contributed by atoms with Crippen LogP contribution < -0.4 is 5.32 Å². The minimum absolute atomic E-state index is 0.246. The van der Waals surface area contributed by atoms with Gasteiger partial charge in [0.2, 0.25) is 0 Å². The average molecular weight is 294 g/mol. The molecule has 1 spiro atoms. The van der Waals surface area contributed by atoms with Gasteiger partial charge in [0.15, 0.2) is 0 Å². The van der Waals surface area contributed by atoms with E-state index >= 15 is 0 Å². The lowest BCUT2D eigenvalue weighted by molar-refractivity contribution is -0.0357. The second-order valence-electron chi connectivity index (χ2n) is 6.35. The number of ether oxygens (including phenoxy) is 1. The van der Waals surface area contributed by atoms with Crippen molar-refractivity contribution < 1.29 is 4.74 Å². The topological polar surface area (TPSA) is 21.3 Å². The molecule has 3 heteroatoms. The Kier molecular flexibility index (Phi) is 4.34. The van der Waals surface area contributed by atoms with Gasteiger partial charge >= 0.3 is 0 Å². The van der Waals surface area contributed by atoms with E-state index in [2.05, 4.69) is 24.4 Å². The molecule has 1 heterocycles. The molecular formula is C17H24ClNO. The summed E-state index contributed by atoms with van der Waals surface area (Å²) in [6, 6.07) is 8.43. The maximum atomic E-state index is 6.33. The molecular weight excluding hydrogens is 270 g/mol. The van der Waals surface area contributed by atoms with Gasteiger partial charge in [-0.15, -0.1) is 0 Å². The summed E-state index contributed by atoms with van der Waals surface area (Å²) in [5.74, 6) is 0. The number of hydrogen-bond acceptors (Lipinski definition) is 2. The van der Waals surface area contributed by atoms with Crippen molar-refractivity contribution in [1.82, 2.24) is 5.32 Å². The Morgan fingerprint density at radius 1 is 1.25 bits per heavy atom. The van der Waals surface area contributed by atoms with Crippen molar-refractivity contribution in [2.75, 3.05) is 6.54 Å². The maximum Gasteiger partial charge on any atom is 0.0708 e. The first-order valence-corrected chi connectivity index (χ1v) is 8.21. The van der Waals surface area contributed by atoms with Crippen molar-refractivity contribution >= 4 is 11.6 Å². The summed E-state index contributed by atoms with van der Waals surface area (Å²) < 4.78 is 6.33. The predicted molar refractivity (Wildman–Crippen MR) is 83.2 cm³/mol. The Balaban J connectivity index is 1.49. The van der Waals surface area contributed by atoms with Crippen LogP contribution in [0.25, 0.3) is 0 Å². The van der Waals surface area contributed by atoms with E-state index < -0.39 is 0 Å². The Bertz CT molecular complexity index is 439. The number of benzene rings is 1. The standard InChI is InChI=1S/C17H24ClNO/c1-13(14-4-6-15(18)7-5-14)19-12-16-8-11-17(20-16)9-2-3-10-17/h4-7,13,16,19H,2-3,8-12H2,1H3. The molecule has 1 aliphatic heterocycles. The summed E-state index contributed by atoms with van der Waals surface area (Å²) in [5, 5.41) is 4.39. The van der Waals surface area contributed by atoms with Crippen LogP contribution in [0.15, 0.2) is 24.3 Å². The molecule has 0 bridgehead atoms. The van der Waals surface area contributed by atoms with Crippen LogP contribution in [0.5, 0.6) is 0 Å². The highest BCUT2D eigenvalue weighted by Gasteiger charge is 2.41. The third kappa shape index (κ3) is 3.19. The van der Waals surface area contributed by atoms with Crippen molar-refractivity contribution in [1.29, 1.82) is 0 Å². The summed E-state index contributed by atoms with van der Waals surface area (Å²) in [6.07, 6.45) is 8.10. The van der Waals surface area contributed by atoms with Gasteiger partial charge in [0.05, 0.1) is 11.7 Å². The van der Waals surface area contributed by atoms with Gasteiger partial charge in [-0.2, -0.15) is 0 Å². The molecule has 1 saturated carbocycles. The molecule has 1 aliphatic carbocycles. The van der Waals surface area contributed by atoms with E-state index in [1.54, 1.807) is 0 Å². The van der Waals surface area contributed by atoms with Crippen LogP contribution in [0.4, 0.5) is 0 Å². The summed E-state index contributed by atoms with van der Waals surface area (Å²) >= 11 is 5.93. The highest BCUT2D eigenvalue weighted by atomic mass is 35.5. The first-order chi connectivity index (χ1) is 9.67. The third-order valence-corrected chi connectivity index (χ3v) is 5.13. The van der Waals surface area contributed by atoms with E-state index in [1.165, 1.54) is 44.1 Å². The molecule has 1 aromatic carbocycles. The molecule has 20 heavy (non-hydrogen) atoms. The Hall–Kier alpha value is -0.570. The molecule has 1 aromatic rings. The summed E-state index contributed by atoms with van der Waals surface area (Å²) in [6.45, 7) is 3.15. The Morgan fingerprint density at radius 2 is 1.95 bits per heavy atom. The first kappa shape index (κ1) is 14.4. The second kappa shape index (κ2) is 6.05. The van der Waals surface area contributed by atoms with Gasteiger partial charge in [0.25, 0.3) is 0 Å². The normalized spacial score (nSPS) is 26.2. The summed E-state index contributed by atoms with van der Waals surface area (Å²) in [4.78, 5) is 0. The van der Waals surface area contributed by atoms with Crippen LogP contribution in [0.3, 0.4) is 0 Å². The van der Waals surface area contributed by atoms with E-state index in [0.717, 1.165) is 11.6 Å². The zero-order chi connectivity index (χ0) is 14.0. The second-order valence-corrected chi connectivity index (χ2v) is 6.79. The predicted octanol–water partition coefficient (Wildman–Crippen LogP) is 4.48. The number of hydrogen-bond donors (Lipinski definition) is 1. The highest BCUT2D eigenvalue weighted by molar-refractivity contribution is 6.30. The molecule has 110 valence electrons. The van der Waals surface area contributed by atoms with Crippen LogP contribution in [-0.2, 0) is 4.74 Å². The molecule has 0 amide bonds. The molecule has 2 nitrogen and oxygen atoms in total. The highest BCUT2D eigenvalue weighted by Crippen LogP contribution is 2.43. The molecule has 1 saturated heterocycles. The number of halogens is 1. The zero-order valence-corrected chi connectivity index (χ0v) is 13.0. The zero-order valence-electron chi connectivity index (χ0n) is 12.2. The van der Waals surface area contributed by atoms with Gasteiger partial charge in [-0.3, -0.25) is 0 Å². The average Bonchev–Trinajstić information content (AvgIpc) is 3.08. The van der Waals surface area contributed by atoms with E-state index in [1.807, 2.05) is 12.1 Å². The molecule has 2 atom stereocenters. The Morgan fingerprint density at radius 3 is 2.65 bits per heavy atom. The number of nitrogens with one attached hydrogen (secondary N) is 1. The van der Waals surface area contributed by atoms with Crippen molar-refractivity contribution in [3.05, 3.63) is 34.9 Å². The summed E-state index contributed by atoms with van der Waals surface area (Å²) in [5.41, 5.74) is 1.53. The van der Waals surface area contributed by atoms with Crippen LogP contribution >= 0.6 is 11.6 Å². The van der Waals surface area contributed by atoms with Crippen LogP contribution in [0, 0.1) is 0 Å². The van der Waals surface area contributed by atoms with Gasteiger partial charge in [-0.05, 0) is 50.3 Å². The minimum Gasteiger partial charge on any atom is -0.370 e. The van der Waals surface area contributed by atoms with E-state index in [4.69, 9.17) is 16.3 Å². The fraction of sp³-hybridized carbons (Fsp3) is 0.647. The van der Waals surface area contributed by atoms with Gasteiger partial charge in [-0.25, -0.2) is 0 Å². The Labute approximate surface area is 126 Å². The van der Waals surface area contributed by atoms with E-state index in [9.17, 15) is 0 Å². The molecule has 2 unspecified atom stereocenters. The molecule has 1 N–H and O–H groups in total. The van der Waals surface area contributed by atoms with E-state index in [-0.39, 0.29) is 5.60 Å². The molecule has 2 fully saturated rings. The fourth-order valence-electron chi connectivity index (χ4n) is 3.60. The summed E-state index contributed by atoms with van der Waals surface area (Å²) in [7, 11) is 0. The van der Waals surface area contributed by atoms with Gasteiger partial charge in [-0.1, -0.05) is 36.6 Å². The van der Waals surface area contributed by atoms with E-state index in [0.29, 0.717) is 12.1 Å². The lowest BCUT2D eigenvalue weighted by atomic mass is 9.98. The van der Waals surface area contributed by atoms with Crippen molar-refractivity contribution in [3.8, 4) is 0 Å². The monoisotopic (exact) mass is 293 g/mol. The fourth-order valence-corrected chi connectivity index (χ4v) is 3.73. The van der Waals surface area contributed by atoms with Crippen LogP contribution in [0.1, 0.15) is 57.1 Å². The minimum atomic E-state index is 0.246. The lowest BCUT2D eigenvalue weighted by Crippen LogP contribution is -2.32. The molecule has 2 aliphatic rings. The third-order valence-electron chi connectivity index (χ3n) is 4.88. The van der Waals surface area contributed by atoms with Gasteiger partial charge < -0.3 is 10.1 Å². The molecule has 0 aromatic heterocycles. The van der Waals surface area contributed by atoms with Crippen molar-refractivity contribution in [3.63, 3.8) is 0 Å². The molecule has 0 radical (unpaired) electrons. The van der Waals surface area contributed by atoms with Gasteiger partial charge in [0, 0.05) is 17.6 Å². The number of rotatable bonds is 4.